The fourth-order valence-corrected chi connectivity index (χ4v) is 6.36. The van der Waals surface area contributed by atoms with E-state index in [0.717, 1.165) is 24.0 Å². The normalized spacial score (nSPS) is 22.4. The van der Waals surface area contributed by atoms with Gasteiger partial charge in [0.25, 0.3) is 5.91 Å². The lowest BCUT2D eigenvalue weighted by molar-refractivity contribution is -0.253. The molecule has 0 atom stereocenters. The van der Waals surface area contributed by atoms with E-state index in [0.29, 0.717) is 50.1 Å². The average Bonchev–Trinajstić information content (AvgIpc) is 2.94. The molecule has 0 aliphatic heterocycles. The highest BCUT2D eigenvalue weighted by atomic mass is 19.4. The van der Waals surface area contributed by atoms with Crippen LogP contribution in [0.15, 0.2) is 48.5 Å². The Balaban J connectivity index is 1.40. The van der Waals surface area contributed by atoms with Crippen LogP contribution in [0.2, 0.25) is 0 Å². The van der Waals surface area contributed by atoms with Gasteiger partial charge < -0.3 is 14.7 Å². The summed E-state index contributed by atoms with van der Waals surface area (Å²) in [4.78, 5) is 26.1. The van der Waals surface area contributed by atoms with Crippen LogP contribution in [-0.2, 0) is 16.8 Å². The molecule has 2 aromatic rings. The van der Waals surface area contributed by atoms with Gasteiger partial charge in [-0.25, -0.2) is 0 Å². The van der Waals surface area contributed by atoms with E-state index in [9.17, 15) is 22.8 Å². The van der Waals surface area contributed by atoms with Gasteiger partial charge in [-0.1, -0.05) is 30.3 Å². The number of ether oxygens (including phenoxy) is 1. The van der Waals surface area contributed by atoms with Crippen molar-refractivity contribution in [2.75, 3.05) is 6.61 Å². The van der Waals surface area contributed by atoms with Crippen LogP contribution in [-0.4, -0.2) is 40.7 Å². The smallest absolute Gasteiger partial charge is 0.394 e. The van der Waals surface area contributed by atoms with E-state index < -0.39 is 17.6 Å². The number of alkyl halides is 3. The van der Waals surface area contributed by atoms with Gasteiger partial charge in [0, 0.05) is 30.1 Å². The third kappa shape index (κ3) is 6.47. The maximum Gasteiger partial charge on any atom is 0.394 e. The molecule has 0 saturated heterocycles. The summed E-state index contributed by atoms with van der Waals surface area (Å²) < 4.78 is 47.0. The minimum atomic E-state index is -4.14. The lowest BCUT2D eigenvalue weighted by Crippen LogP contribution is -2.51. The van der Waals surface area contributed by atoms with Gasteiger partial charge in [-0.05, 0) is 101 Å². The molecule has 3 saturated carbocycles. The van der Waals surface area contributed by atoms with Crippen LogP contribution in [0.3, 0.4) is 0 Å². The molecule has 1 N–H and O–H groups in total. The zero-order chi connectivity index (χ0) is 29.0. The van der Waals surface area contributed by atoms with E-state index in [1.807, 2.05) is 62.4 Å². The number of nitrogens with zero attached hydrogens (tertiary/aromatic N) is 1. The number of rotatable bonds is 12. The summed E-state index contributed by atoms with van der Waals surface area (Å²) in [7, 11) is 0. The van der Waals surface area contributed by atoms with Crippen molar-refractivity contribution in [1.82, 2.24) is 4.90 Å². The van der Waals surface area contributed by atoms with Crippen molar-refractivity contribution >= 4 is 11.9 Å². The van der Waals surface area contributed by atoms with E-state index in [1.54, 1.807) is 4.90 Å². The summed E-state index contributed by atoms with van der Waals surface area (Å²) in [5, 5.41) is 8.77. The predicted octanol–water partition coefficient (Wildman–Crippen LogP) is 7.92. The number of amides is 1. The molecule has 0 radical (unpaired) electrons. The number of aliphatic carboxylic acids is 1. The molecule has 8 heteroatoms. The molecular formula is C32H40F3NO4. The maximum absolute atomic E-state index is 13.7. The Kier molecular flexibility index (Phi) is 9.16. The molecule has 3 aliphatic rings. The topological polar surface area (TPSA) is 66.8 Å². The summed E-state index contributed by atoms with van der Waals surface area (Å²) in [5.41, 5.74) is 0.752. The van der Waals surface area contributed by atoms with E-state index in [2.05, 4.69) is 0 Å². The Bertz CT molecular complexity index is 1150. The molecule has 0 spiro atoms. The molecule has 0 aromatic heterocycles. The van der Waals surface area contributed by atoms with E-state index >= 15 is 0 Å². The minimum absolute atomic E-state index is 0.0676. The number of hydrogen-bond acceptors (Lipinski definition) is 3. The Morgan fingerprint density at radius 1 is 0.925 bits per heavy atom. The minimum Gasteiger partial charge on any atom is -0.493 e. The molecular weight excluding hydrogens is 519 g/mol. The average molecular weight is 560 g/mol. The van der Waals surface area contributed by atoms with Crippen LogP contribution in [0, 0.1) is 5.41 Å². The molecule has 2 aromatic carbocycles. The SMILES string of the molecule is CC(C)N(Cc1ccccc1OCCCCCC(=O)O)C(=O)c1ccc(C23CCC(C(F)(F)F)(CC2)CC3)cc1. The van der Waals surface area contributed by atoms with Crippen molar-refractivity contribution in [1.29, 1.82) is 0 Å². The van der Waals surface area contributed by atoms with Gasteiger partial charge in [0.05, 0.1) is 12.0 Å². The first-order valence-corrected chi connectivity index (χ1v) is 14.4. The monoisotopic (exact) mass is 559 g/mol. The molecule has 3 aliphatic carbocycles. The molecule has 218 valence electrons. The lowest BCUT2D eigenvalue weighted by atomic mass is 9.51. The quantitative estimate of drug-likeness (QED) is 0.268. The van der Waals surface area contributed by atoms with E-state index in [1.165, 1.54) is 0 Å². The third-order valence-electron chi connectivity index (χ3n) is 9.08. The number of para-hydroxylation sites is 1. The highest BCUT2D eigenvalue weighted by Crippen LogP contribution is 2.63. The first kappa shape index (κ1) is 29.9. The Hall–Kier alpha value is -3.03. The van der Waals surface area contributed by atoms with Crippen LogP contribution in [0.1, 0.15) is 99.5 Å². The zero-order valence-electron chi connectivity index (χ0n) is 23.4. The van der Waals surface area contributed by atoms with E-state index in [4.69, 9.17) is 9.84 Å². The first-order chi connectivity index (χ1) is 19.0. The molecule has 2 bridgehead atoms. The largest absolute Gasteiger partial charge is 0.493 e. The fraction of sp³-hybridized carbons (Fsp3) is 0.562. The van der Waals surface area contributed by atoms with Crippen molar-refractivity contribution in [3.63, 3.8) is 0 Å². The van der Waals surface area contributed by atoms with Crippen LogP contribution in [0.25, 0.3) is 0 Å². The second kappa shape index (κ2) is 12.2. The number of carboxylic acids is 1. The molecule has 5 rings (SSSR count). The van der Waals surface area contributed by atoms with Crippen molar-refractivity contribution in [3.05, 3.63) is 65.2 Å². The highest BCUT2D eigenvalue weighted by molar-refractivity contribution is 5.94. The second-order valence-corrected chi connectivity index (χ2v) is 11.8. The Morgan fingerprint density at radius 2 is 1.55 bits per heavy atom. The fourth-order valence-electron chi connectivity index (χ4n) is 6.36. The van der Waals surface area contributed by atoms with Gasteiger partial charge in [-0.3, -0.25) is 9.59 Å². The number of benzene rings is 2. The number of unbranched alkanes of at least 4 members (excludes halogenated alkanes) is 2. The zero-order valence-corrected chi connectivity index (χ0v) is 23.4. The second-order valence-electron chi connectivity index (χ2n) is 11.8. The van der Waals surface area contributed by atoms with Crippen molar-refractivity contribution in [3.8, 4) is 5.75 Å². The number of carbonyl (C=O) groups is 2. The Morgan fingerprint density at radius 3 is 2.12 bits per heavy atom. The van der Waals surface area contributed by atoms with Gasteiger partial charge in [-0.15, -0.1) is 0 Å². The third-order valence-corrected chi connectivity index (χ3v) is 9.08. The standard InChI is InChI=1S/C32H40F3NO4/c1-23(2)36(22-25-8-5-6-9-27(25)40-21-7-3-4-10-28(37)38)29(39)24-11-13-26(14-12-24)30-15-18-31(19-16-30,20-17-30)32(33,34)35/h5-6,8-9,11-14,23H,3-4,7,10,15-22H2,1-2H3,(H,37,38). The molecule has 0 unspecified atom stereocenters. The Labute approximate surface area is 234 Å². The molecule has 1 amide bonds. The summed E-state index contributed by atoms with van der Waals surface area (Å²) in [6.07, 6.45) is 0.308. The van der Waals surface area contributed by atoms with Gasteiger partial charge in [-0.2, -0.15) is 13.2 Å². The maximum atomic E-state index is 13.7. The number of carboxylic acid groups (broad SMARTS) is 1. The highest BCUT2D eigenvalue weighted by Gasteiger charge is 2.61. The van der Waals surface area contributed by atoms with Crippen LogP contribution < -0.4 is 4.74 Å². The predicted molar refractivity (Wildman–Crippen MR) is 147 cm³/mol. The van der Waals surface area contributed by atoms with Crippen molar-refractivity contribution in [2.45, 2.75) is 102 Å². The summed E-state index contributed by atoms with van der Waals surface area (Å²) in [6.45, 7) is 4.78. The van der Waals surface area contributed by atoms with Crippen LogP contribution in [0.5, 0.6) is 5.75 Å². The summed E-state index contributed by atoms with van der Waals surface area (Å²) in [5.74, 6) is -0.192. The number of carbonyl (C=O) groups excluding carboxylic acids is 1. The number of hydrogen-bond donors (Lipinski definition) is 1. The molecule has 0 heterocycles. The summed E-state index contributed by atoms with van der Waals surface area (Å²) >= 11 is 0. The number of halogens is 3. The van der Waals surface area contributed by atoms with Gasteiger partial charge in [0.2, 0.25) is 0 Å². The van der Waals surface area contributed by atoms with Gasteiger partial charge in [0.1, 0.15) is 5.75 Å². The molecule has 40 heavy (non-hydrogen) atoms. The molecule has 5 nitrogen and oxygen atoms in total. The van der Waals surface area contributed by atoms with Gasteiger partial charge >= 0.3 is 12.1 Å². The van der Waals surface area contributed by atoms with E-state index in [-0.39, 0.29) is 43.0 Å². The van der Waals surface area contributed by atoms with Crippen molar-refractivity contribution < 1.29 is 32.6 Å². The lowest BCUT2D eigenvalue weighted by Gasteiger charge is -2.54. The number of fused-ring (bicyclic) bond motifs is 3. The van der Waals surface area contributed by atoms with Gasteiger partial charge in [0.15, 0.2) is 0 Å². The van der Waals surface area contributed by atoms with Crippen molar-refractivity contribution in [2.24, 2.45) is 5.41 Å². The summed E-state index contributed by atoms with van der Waals surface area (Å²) in [6, 6.07) is 15.1. The molecule has 3 fully saturated rings. The van der Waals surface area contributed by atoms with Crippen LogP contribution in [0.4, 0.5) is 13.2 Å². The first-order valence-electron chi connectivity index (χ1n) is 14.4. The van der Waals surface area contributed by atoms with Crippen LogP contribution >= 0.6 is 0 Å².